The molecule has 86 valence electrons. The first-order valence-electron chi connectivity index (χ1n) is 4.38. The number of aliphatic hydroxyl groups is 2. The third-order valence-electron chi connectivity index (χ3n) is 1.84. The van der Waals surface area contributed by atoms with Crippen LogP contribution in [0.25, 0.3) is 0 Å². The van der Waals surface area contributed by atoms with Gasteiger partial charge in [0.15, 0.2) is 6.10 Å². The van der Waals surface area contributed by atoms with Gasteiger partial charge in [0.25, 0.3) is 0 Å². The molecule has 2 unspecified atom stereocenters. The molecule has 0 amide bonds. The van der Waals surface area contributed by atoms with E-state index in [0.29, 0.717) is 0 Å². The Bertz CT molecular complexity index is 161. The summed E-state index contributed by atoms with van der Waals surface area (Å²) in [5.74, 6) is -0.0227. The molecule has 0 heterocycles. The summed E-state index contributed by atoms with van der Waals surface area (Å²) in [7, 11) is 0. The molecule has 0 radical (unpaired) electrons. The van der Waals surface area contributed by atoms with Crippen LogP contribution in [0.4, 0.5) is 13.2 Å². The predicted octanol–water partition coefficient (Wildman–Crippen LogP) is 0.516. The highest BCUT2D eigenvalue weighted by Gasteiger charge is 2.37. The highest BCUT2D eigenvalue weighted by atomic mass is 19.4. The third kappa shape index (κ3) is 5.41. The molecular formula is C8H16F3NO2. The molecule has 0 aliphatic carbocycles. The van der Waals surface area contributed by atoms with Gasteiger partial charge in [-0.15, -0.1) is 0 Å². The van der Waals surface area contributed by atoms with E-state index < -0.39 is 24.9 Å². The number of aliphatic hydroxyl groups excluding tert-OH is 2. The van der Waals surface area contributed by atoms with E-state index in [4.69, 9.17) is 5.11 Å². The van der Waals surface area contributed by atoms with Gasteiger partial charge in [-0.1, -0.05) is 13.8 Å². The molecule has 0 aliphatic heterocycles. The molecule has 2 atom stereocenters. The minimum absolute atomic E-state index is 0.0227. The van der Waals surface area contributed by atoms with E-state index in [1.165, 1.54) is 0 Å². The van der Waals surface area contributed by atoms with Crippen molar-refractivity contribution in [1.29, 1.82) is 0 Å². The van der Waals surface area contributed by atoms with Gasteiger partial charge in [-0.25, -0.2) is 0 Å². The Kier molecular flexibility index (Phi) is 5.40. The first-order valence-corrected chi connectivity index (χ1v) is 4.38. The highest BCUT2D eigenvalue weighted by Crippen LogP contribution is 2.19. The fourth-order valence-corrected chi connectivity index (χ4v) is 0.719. The molecule has 0 aliphatic rings. The van der Waals surface area contributed by atoms with Crippen molar-refractivity contribution in [3.8, 4) is 0 Å². The first-order chi connectivity index (χ1) is 6.25. The van der Waals surface area contributed by atoms with Gasteiger partial charge >= 0.3 is 6.18 Å². The summed E-state index contributed by atoms with van der Waals surface area (Å²) in [6.45, 7) is 2.97. The van der Waals surface area contributed by atoms with Crippen LogP contribution in [0.1, 0.15) is 13.8 Å². The normalized spacial score (nSPS) is 17.1. The van der Waals surface area contributed by atoms with Gasteiger partial charge in [0, 0.05) is 13.1 Å². The van der Waals surface area contributed by atoms with Crippen LogP contribution in [0.2, 0.25) is 0 Å². The molecule has 0 spiro atoms. The van der Waals surface area contributed by atoms with Gasteiger partial charge < -0.3 is 15.5 Å². The maximum atomic E-state index is 11.8. The second-order valence-corrected chi connectivity index (χ2v) is 3.53. The Labute approximate surface area is 80.9 Å². The Morgan fingerprint density at radius 2 is 1.64 bits per heavy atom. The number of hydrogen-bond acceptors (Lipinski definition) is 3. The van der Waals surface area contributed by atoms with Gasteiger partial charge in [0.2, 0.25) is 0 Å². The van der Waals surface area contributed by atoms with Crippen LogP contribution in [0.15, 0.2) is 0 Å². The standard InChI is InChI=1S/C8H16F3NO2/c1-5(2)6(13)3-12-4-7(14)8(9,10)11/h5-7,12-14H,3-4H2,1-2H3. The van der Waals surface area contributed by atoms with Crippen molar-refractivity contribution >= 4 is 0 Å². The van der Waals surface area contributed by atoms with Crippen LogP contribution in [0.5, 0.6) is 0 Å². The van der Waals surface area contributed by atoms with Gasteiger partial charge in [0.1, 0.15) is 0 Å². The minimum atomic E-state index is -4.60. The zero-order valence-electron chi connectivity index (χ0n) is 8.17. The molecule has 14 heavy (non-hydrogen) atoms. The highest BCUT2D eigenvalue weighted by molar-refractivity contribution is 4.70. The second kappa shape index (κ2) is 5.53. The van der Waals surface area contributed by atoms with E-state index in [1.807, 2.05) is 0 Å². The topological polar surface area (TPSA) is 52.5 Å². The number of rotatable bonds is 5. The Morgan fingerprint density at radius 1 is 1.14 bits per heavy atom. The predicted molar refractivity (Wildman–Crippen MR) is 45.8 cm³/mol. The summed E-state index contributed by atoms with van der Waals surface area (Å²) in [4.78, 5) is 0. The molecule has 3 nitrogen and oxygen atoms in total. The van der Waals surface area contributed by atoms with Gasteiger partial charge in [-0.3, -0.25) is 0 Å². The number of halogens is 3. The maximum absolute atomic E-state index is 11.8. The molecule has 0 aromatic rings. The van der Waals surface area contributed by atoms with E-state index in [9.17, 15) is 18.3 Å². The van der Waals surface area contributed by atoms with Crippen LogP contribution < -0.4 is 5.32 Å². The molecule has 3 N–H and O–H groups in total. The smallest absolute Gasteiger partial charge is 0.392 e. The van der Waals surface area contributed by atoms with Gasteiger partial charge in [-0.05, 0) is 5.92 Å². The summed E-state index contributed by atoms with van der Waals surface area (Å²) in [6, 6.07) is 0. The molecule has 0 saturated carbocycles. The SMILES string of the molecule is CC(C)C(O)CNCC(O)C(F)(F)F. The monoisotopic (exact) mass is 215 g/mol. The fourth-order valence-electron chi connectivity index (χ4n) is 0.719. The molecule has 0 fully saturated rings. The van der Waals surface area contributed by atoms with Crippen molar-refractivity contribution < 1.29 is 23.4 Å². The zero-order chi connectivity index (χ0) is 11.4. The quantitative estimate of drug-likeness (QED) is 0.626. The van der Waals surface area contributed by atoms with Crippen molar-refractivity contribution in [2.45, 2.75) is 32.2 Å². The van der Waals surface area contributed by atoms with Crippen molar-refractivity contribution in [2.75, 3.05) is 13.1 Å². The average Bonchev–Trinajstić information content (AvgIpc) is 2.01. The van der Waals surface area contributed by atoms with Crippen LogP contribution in [0, 0.1) is 5.92 Å². The number of hydrogen-bond donors (Lipinski definition) is 3. The number of alkyl halides is 3. The number of nitrogens with one attached hydrogen (secondary N) is 1. The average molecular weight is 215 g/mol. The lowest BCUT2D eigenvalue weighted by atomic mass is 10.1. The van der Waals surface area contributed by atoms with E-state index in [1.54, 1.807) is 13.8 Å². The zero-order valence-corrected chi connectivity index (χ0v) is 8.17. The molecular weight excluding hydrogens is 199 g/mol. The van der Waals surface area contributed by atoms with Crippen LogP contribution >= 0.6 is 0 Å². The van der Waals surface area contributed by atoms with E-state index in [0.717, 1.165) is 0 Å². The Hall–Kier alpha value is -0.330. The summed E-state index contributed by atoms with van der Waals surface area (Å²) in [6.07, 6.45) is -7.67. The summed E-state index contributed by atoms with van der Waals surface area (Å²) >= 11 is 0. The lowest BCUT2D eigenvalue weighted by Crippen LogP contribution is -2.41. The third-order valence-corrected chi connectivity index (χ3v) is 1.84. The minimum Gasteiger partial charge on any atom is -0.392 e. The molecule has 0 rings (SSSR count). The van der Waals surface area contributed by atoms with Crippen LogP contribution in [-0.2, 0) is 0 Å². The van der Waals surface area contributed by atoms with E-state index in [2.05, 4.69) is 5.32 Å². The lowest BCUT2D eigenvalue weighted by molar-refractivity contribution is -0.202. The largest absolute Gasteiger partial charge is 0.415 e. The molecule has 6 heteroatoms. The molecule has 0 bridgehead atoms. The van der Waals surface area contributed by atoms with Crippen molar-refractivity contribution in [2.24, 2.45) is 5.92 Å². The van der Waals surface area contributed by atoms with Crippen LogP contribution in [0.3, 0.4) is 0 Å². The second-order valence-electron chi connectivity index (χ2n) is 3.53. The van der Waals surface area contributed by atoms with Crippen molar-refractivity contribution in [3.63, 3.8) is 0 Å². The summed E-state index contributed by atoms with van der Waals surface area (Å²) in [5, 5.41) is 20.1. The van der Waals surface area contributed by atoms with Crippen LogP contribution in [-0.4, -0.2) is 41.7 Å². The van der Waals surface area contributed by atoms with Gasteiger partial charge in [-0.2, -0.15) is 13.2 Å². The van der Waals surface area contributed by atoms with Crippen molar-refractivity contribution in [1.82, 2.24) is 5.32 Å². The van der Waals surface area contributed by atoms with Crippen molar-refractivity contribution in [3.05, 3.63) is 0 Å². The summed E-state index contributed by atoms with van der Waals surface area (Å²) in [5.41, 5.74) is 0. The van der Waals surface area contributed by atoms with E-state index in [-0.39, 0.29) is 12.5 Å². The summed E-state index contributed by atoms with van der Waals surface area (Å²) < 4.78 is 35.3. The molecule has 0 aromatic heterocycles. The Balaban J connectivity index is 3.65. The van der Waals surface area contributed by atoms with Gasteiger partial charge in [0.05, 0.1) is 6.10 Å². The Morgan fingerprint density at radius 3 is 2.00 bits per heavy atom. The first kappa shape index (κ1) is 13.7. The molecule has 0 aromatic carbocycles. The molecule has 0 saturated heterocycles. The lowest BCUT2D eigenvalue weighted by Gasteiger charge is -2.18. The fraction of sp³-hybridized carbons (Fsp3) is 1.00. The maximum Gasteiger partial charge on any atom is 0.415 e. The van der Waals surface area contributed by atoms with E-state index >= 15 is 0 Å².